The summed E-state index contributed by atoms with van der Waals surface area (Å²) in [4.78, 5) is 34.2. The molecule has 10 heteroatoms. The number of amides is 1. The number of carbonyl (C=O) groups excluding carboxylic acids is 2. The van der Waals surface area contributed by atoms with E-state index in [1.165, 1.54) is 11.0 Å². The fourth-order valence-corrected chi connectivity index (χ4v) is 3.62. The van der Waals surface area contributed by atoms with Crippen LogP contribution in [-0.2, 0) is 16.0 Å². The van der Waals surface area contributed by atoms with Crippen molar-refractivity contribution in [2.75, 3.05) is 28.7 Å². The number of hydrogen-bond donors (Lipinski definition) is 2. The lowest BCUT2D eigenvalue weighted by atomic mass is 10.1. The van der Waals surface area contributed by atoms with Gasteiger partial charge in [0, 0.05) is 17.8 Å². The Morgan fingerprint density at radius 2 is 1.97 bits per heavy atom. The van der Waals surface area contributed by atoms with Crippen LogP contribution in [0, 0.1) is 5.82 Å². The summed E-state index contributed by atoms with van der Waals surface area (Å²) in [5.41, 5.74) is 1.79. The lowest BCUT2D eigenvalue weighted by Gasteiger charge is -2.31. The van der Waals surface area contributed by atoms with Crippen LogP contribution in [-0.4, -0.2) is 40.6 Å². The highest BCUT2D eigenvalue weighted by Crippen LogP contribution is 2.35. The predicted molar refractivity (Wildman–Crippen MR) is 139 cm³/mol. The van der Waals surface area contributed by atoms with Gasteiger partial charge in [-0.05, 0) is 62.7 Å². The number of fused-ring (bicyclic) bond motifs is 1. The normalized spacial score (nSPS) is 12.7. The average Bonchev–Trinajstić information content (AvgIpc) is 2.84. The first-order valence-electron chi connectivity index (χ1n) is 11.7. The number of halogens is 1. The van der Waals surface area contributed by atoms with Crippen molar-refractivity contribution in [3.05, 3.63) is 72.7 Å². The summed E-state index contributed by atoms with van der Waals surface area (Å²) < 4.78 is 25.7. The molecular formula is C27H28FN5O4. The van der Waals surface area contributed by atoms with Crippen LogP contribution in [0.4, 0.5) is 38.0 Å². The summed E-state index contributed by atoms with van der Waals surface area (Å²) in [6.07, 6.45) is 2.04. The summed E-state index contributed by atoms with van der Waals surface area (Å²) in [6, 6.07) is 12.2. The van der Waals surface area contributed by atoms with Crippen molar-refractivity contribution in [3.63, 3.8) is 0 Å². The van der Waals surface area contributed by atoms with Crippen molar-refractivity contribution in [3.8, 4) is 5.75 Å². The molecule has 0 bridgehead atoms. The second-order valence-corrected chi connectivity index (χ2v) is 9.35. The zero-order valence-corrected chi connectivity index (χ0v) is 20.9. The Bertz CT molecular complexity index is 1340. The Morgan fingerprint density at radius 1 is 1.19 bits per heavy atom. The van der Waals surface area contributed by atoms with Crippen molar-refractivity contribution in [2.24, 2.45) is 0 Å². The Morgan fingerprint density at radius 3 is 2.73 bits per heavy atom. The molecule has 2 heterocycles. The third-order valence-electron chi connectivity index (χ3n) is 5.23. The van der Waals surface area contributed by atoms with Gasteiger partial charge in [0.1, 0.15) is 18.0 Å². The van der Waals surface area contributed by atoms with Crippen molar-refractivity contribution >= 4 is 40.7 Å². The Hall–Kier alpha value is -4.47. The van der Waals surface area contributed by atoms with Crippen molar-refractivity contribution in [1.82, 2.24) is 9.97 Å². The van der Waals surface area contributed by atoms with Crippen LogP contribution >= 0.6 is 0 Å². The number of benzene rings is 2. The van der Waals surface area contributed by atoms with E-state index in [-0.39, 0.29) is 24.0 Å². The molecule has 1 aliphatic heterocycles. The highest BCUT2D eigenvalue weighted by molar-refractivity contribution is 5.92. The fourth-order valence-electron chi connectivity index (χ4n) is 3.62. The number of anilines is 5. The summed E-state index contributed by atoms with van der Waals surface area (Å²) in [5, 5.41) is 5.97. The van der Waals surface area contributed by atoms with Crippen LogP contribution in [0.1, 0.15) is 26.3 Å². The van der Waals surface area contributed by atoms with E-state index in [9.17, 15) is 14.0 Å². The third kappa shape index (κ3) is 6.60. The largest absolute Gasteiger partial charge is 0.490 e. The molecule has 1 aliphatic rings. The highest BCUT2D eigenvalue weighted by atomic mass is 19.1. The maximum atomic E-state index is 14.5. The van der Waals surface area contributed by atoms with Gasteiger partial charge < -0.3 is 20.1 Å². The Kier molecular flexibility index (Phi) is 7.37. The molecule has 0 unspecified atom stereocenters. The first-order chi connectivity index (χ1) is 17.6. The van der Waals surface area contributed by atoms with Gasteiger partial charge in [-0.15, -0.1) is 0 Å². The summed E-state index contributed by atoms with van der Waals surface area (Å²) in [6.45, 7) is 9.58. The number of hydrogen-bond acceptors (Lipinski definition) is 8. The minimum atomic E-state index is -0.645. The molecule has 3 aromatic rings. The summed E-state index contributed by atoms with van der Waals surface area (Å²) in [7, 11) is 0. The lowest BCUT2D eigenvalue weighted by molar-refractivity contribution is -0.114. The average molecular weight is 506 g/mol. The topological polar surface area (TPSA) is 106 Å². The van der Waals surface area contributed by atoms with E-state index in [1.807, 2.05) is 0 Å². The van der Waals surface area contributed by atoms with E-state index in [0.717, 1.165) is 11.8 Å². The number of aromatic nitrogens is 2. The minimum Gasteiger partial charge on any atom is -0.490 e. The van der Waals surface area contributed by atoms with Gasteiger partial charge in [-0.2, -0.15) is 4.98 Å². The van der Waals surface area contributed by atoms with Gasteiger partial charge in [-0.1, -0.05) is 18.7 Å². The standard InChI is InChI=1S/C27H28FN5O4/c1-5-20(34)14-17-7-6-8-18(13-17)30-24-21(28)16-29-25(32-24)31-19-9-10-23-22(15-19)33(11-12-36-23)26(35)37-27(2,3)4/h5-10,13,15-16H,1,11-12,14H2,2-4H3,(H2,29,30,31,32). The molecule has 0 atom stereocenters. The fraction of sp³-hybridized carbons (Fsp3) is 0.259. The number of carbonyl (C=O) groups is 2. The van der Waals surface area contributed by atoms with E-state index in [2.05, 4.69) is 27.2 Å². The van der Waals surface area contributed by atoms with Crippen LogP contribution in [0.25, 0.3) is 0 Å². The first-order valence-corrected chi connectivity index (χ1v) is 11.7. The van der Waals surface area contributed by atoms with Gasteiger partial charge >= 0.3 is 6.09 Å². The Labute approximate surface area is 214 Å². The molecule has 0 saturated carbocycles. The lowest BCUT2D eigenvalue weighted by Crippen LogP contribution is -2.41. The minimum absolute atomic E-state index is 0.0404. The van der Waals surface area contributed by atoms with Crippen molar-refractivity contribution in [1.29, 1.82) is 0 Å². The van der Waals surface area contributed by atoms with Crippen LogP contribution < -0.4 is 20.3 Å². The van der Waals surface area contributed by atoms with Gasteiger partial charge in [0.05, 0.1) is 18.4 Å². The molecule has 1 amide bonds. The molecule has 0 spiro atoms. The molecule has 4 rings (SSSR count). The zero-order valence-electron chi connectivity index (χ0n) is 20.9. The number of ether oxygens (including phenoxy) is 2. The number of allylic oxidation sites excluding steroid dienone is 1. The zero-order chi connectivity index (χ0) is 26.6. The summed E-state index contributed by atoms with van der Waals surface area (Å²) >= 11 is 0. The van der Waals surface area contributed by atoms with Gasteiger partial charge in [-0.25, -0.2) is 14.2 Å². The molecule has 0 fully saturated rings. The molecule has 192 valence electrons. The molecule has 9 nitrogen and oxygen atoms in total. The molecule has 1 aromatic heterocycles. The number of rotatable bonds is 7. The second-order valence-electron chi connectivity index (χ2n) is 9.35. The van der Waals surface area contributed by atoms with Crippen LogP contribution in [0.15, 0.2) is 61.3 Å². The van der Waals surface area contributed by atoms with Crippen LogP contribution in [0.2, 0.25) is 0 Å². The monoisotopic (exact) mass is 505 g/mol. The SMILES string of the molecule is C=CC(=O)Cc1cccc(Nc2nc(Nc3ccc4c(c3)N(C(=O)OC(C)(C)C)CCO4)ncc2F)c1. The molecule has 0 radical (unpaired) electrons. The third-order valence-corrected chi connectivity index (χ3v) is 5.23. The highest BCUT2D eigenvalue weighted by Gasteiger charge is 2.28. The van der Waals surface area contributed by atoms with Gasteiger partial charge in [0.2, 0.25) is 5.95 Å². The van der Waals surface area contributed by atoms with Gasteiger partial charge in [0.25, 0.3) is 0 Å². The smallest absolute Gasteiger partial charge is 0.415 e. The maximum Gasteiger partial charge on any atom is 0.415 e. The number of nitrogens with zero attached hydrogens (tertiary/aromatic N) is 3. The van der Waals surface area contributed by atoms with E-state index in [0.29, 0.717) is 36.0 Å². The first kappa shape index (κ1) is 25.6. The quantitative estimate of drug-likeness (QED) is 0.404. The number of ketones is 1. The van der Waals surface area contributed by atoms with Crippen molar-refractivity contribution < 1.29 is 23.5 Å². The van der Waals surface area contributed by atoms with E-state index in [1.54, 1.807) is 63.2 Å². The van der Waals surface area contributed by atoms with Crippen LogP contribution in [0.3, 0.4) is 0 Å². The van der Waals surface area contributed by atoms with Crippen molar-refractivity contribution in [2.45, 2.75) is 32.8 Å². The second kappa shape index (κ2) is 10.7. The summed E-state index contributed by atoms with van der Waals surface area (Å²) in [5.74, 6) is -0.116. The maximum absolute atomic E-state index is 14.5. The Balaban J connectivity index is 1.53. The van der Waals surface area contributed by atoms with Gasteiger partial charge in [0.15, 0.2) is 17.4 Å². The molecular weight excluding hydrogens is 477 g/mol. The molecule has 2 N–H and O–H groups in total. The molecule has 2 aromatic carbocycles. The van der Waals surface area contributed by atoms with Gasteiger partial charge in [-0.3, -0.25) is 9.69 Å². The van der Waals surface area contributed by atoms with Crippen LogP contribution in [0.5, 0.6) is 5.75 Å². The predicted octanol–water partition coefficient (Wildman–Crippen LogP) is 5.53. The molecule has 37 heavy (non-hydrogen) atoms. The number of nitrogens with one attached hydrogen (secondary N) is 2. The molecule has 0 saturated heterocycles. The van der Waals surface area contributed by atoms with E-state index >= 15 is 0 Å². The molecule has 0 aliphatic carbocycles. The van der Waals surface area contributed by atoms with E-state index < -0.39 is 17.5 Å². The van der Waals surface area contributed by atoms with E-state index in [4.69, 9.17) is 9.47 Å².